The Morgan fingerprint density at radius 2 is 1.65 bits per heavy atom. The first-order chi connectivity index (χ1) is 12.4. The predicted molar refractivity (Wildman–Crippen MR) is 93.9 cm³/mol. The molecule has 2 aromatic carbocycles. The molecule has 0 aliphatic heterocycles. The highest BCUT2D eigenvalue weighted by atomic mass is 79.9. The summed E-state index contributed by atoms with van der Waals surface area (Å²) in [6.07, 6.45) is 0.476. The van der Waals surface area contributed by atoms with Crippen LogP contribution < -0.4 is 10.6 Å². The molecule has 0 bridgehead atoms. The van der Waals surface area contributed by atoms with Crippen LogP contribution in [0.15, 0.2) is 40.9 Å². The first-order valence-corrected chi connectivity index (χ1v) is 8.60. The summed E-state index contributed by atoms with van der Waals surface area (Å²) >= 11 is 3.27. The Kier molecular flexibility index (Phi) is 7.20. The van der Waals surface area contributed by atoms with E-state index in [1.807, 2.05) is 0 Å². The molecule has 0 heterocycles. The van der Waals surface area contributed by atoms with Crippen molar-refractivity contribution in [3.05, 3.63) is 69.4 Å². The third-order valence-electron chi connectivity index (χ3n) is 3.53. The number of halogens is 4. The van der Waals surface area contributed by atoms with Gasteiger partial charge in [-0.3, -0.25) is 9.59 Å². The average Bonchev–Trinajstić information content (AvgIpc) is 2.59. The zero-order valence-corrected chi connectivity index (χ0v) is 15.2. The minimum Gasteiger partial charge on any atom is -0.352 e. The van der Waals surface area contributed by atoms with Gasteiger partial charge in [0.2, 0.25) is 5.91 Å². The maximum absolute atomic E-state index is 13.5. The molecule has 2 rings (SSSR count). The van der Waals surface area contributed by atoms with E-state index in [2.05, 4.69) is 26.6 Å². The Hall–Kier alpha value is -2.35. The zero-order valence-electron chi connectivity index (χ0n) is 13.6. The number of rotatable bonds is 7. The van der Waals surface area contributed by atoms with E-state index < -0.39 is 23.4 Å². The van der Waals surface area contributed by atoms with Crippen LogP contribution in [-0.2, 0) is 11.3 Å². The normalized spacial score (nSPS) is 10.5. The molecular weight excluding hydrogens is 413 g/mol. The smallest absolute Gasteiger partial charge is 0.254 e. The molecule has 26 heavy (non-hydrogen) atoms. The van der Waals surface area contributed by atoms with E-state index in [9.17, 15) is 22.8 Å². The lowest BCUT2D eigenvalue weighted by Gasteiger charge is -2.08. The molecule has 0 atom stereocenters. The van der Waals surface area contributed by atoms with Crippen molar-refractivity contribution in [3.63, 3.8) is 0 Å². The molecule has 138 valence electrons. The fourth-order valence-electron chi connectivity index (χ4n) is 2.18. The third-order valence-corrected chi connectivity index (χ3v) is 4.30. The number of benzene rings is 2. The molecule has 0 aliphatic rings. The van der Waals surface area contributed by atoms with Crippen molar-refractivity contribution in [1.29, 1.82) is 0 Å². The molecule has 0 saturated heterocycles. The highest BCUT2D eigenvalue weighted by Crippen LogP contribution is 2.17. The number of hydrogen-bond donors (Lipinski definition) is 2. The molecule has 0 spiro atoms. The Morgan fingerprint density at radius 1 is 0.962 bits per heavy atom. The van der Waals surface area contributed by atoms with Crippen molar-refractivity contribution in [2.75, 3.05) is 6.54 Å². The van der Waals surface area contributed by atoms with Crippen LogP contribution in [0, 0.1) is 17.5 Å². The predicted octanol–water partition coefficient (Wildman–Crippen LogP) is 3.69. The molecule has 0 radical (unpaired) electrons. The third kappa shape index (κ3) is 5.87. The van der Waals surface area contributed by atoms with Crippen LogP contribution in [0.25, 0.3) is 0 Å². The molecular formula is C18H16BrF3N2O2. The second kappa shape index (κ2) is 9.38. The lowest BCUT2D eigenvalue weighted by atomic mass is 10.2. The van der Waals surface area contributed by atoms with Crippen LogP contribution in [0.3, 0.4) is 0 Å². The number of amides is 2. The summed E-state index contributed by atoms with van der Waals surface area (Å²) in [5.74, 6) is -3.04. The van der Waals surface area contributed by atoms with E-state index in [-0.39, 0.29) is 31.0 Å². The highest BCUT2D eigenvalue weighted by molar-refractivity contribution is 9.10. The van der Waals surface area contributed by atoms with Crippen molar-refractivity contribution in [2.24, 2.45) is 0 Å². The number of nitrogens with one attached hydrogen (secondary N) is 2. The molecule has 8 heteroatoms. The Labute approximate surface area is 156 Å². The zero-order chi connectivity index (χ0) is 19.1. The topological polar surface area (TPSA) is 58.2 Å². The first kappa shape index (κ1) is 20.0. The van der Waals surface area contributed by atoms with Crippen LogP contribution in [0.2, 0.25) is 0 Å². The Morgan fingerprint density at radius 3 is 2.38 bits per heavy atom. The van der Waals surface area contributed by atoms with Crippen LogP contribution in [-0.4, -0.2) is 18.4 Å². The van der Waals surface area contributed by atoms with Gasteiger partial charge >= 0.3 is 0 Å². The molecule has 0 saturated carbocycles. The largest absolute Gasteiger partial charge is 0.352 e. The van der Waals surface area contributed by atoms with Gasteiger partial charge in [-0.1, -0.05) is 15.9 Å². The number of hydrogen-bond acceptors (Lipinski definition) is 2. The first-order valence-electron chi connectivity index (χ1n) is 7.80. The van der Waals surface area contributed by atoms with E-state index in [0.29, 0.717) is 22.5 Å². The summed E-state index contributed by atoms with van der Waals surface area (Å²) in [4.78, 5) is 23.6. The van der Waals surface area contributed by atoms with E-state index in [0.717, 1.165) is 12.1 Å². The Bertz CT molecular complexity index is 815. The maximum atomic E-state index is 13.5. The quantitative estimate of drug-likeness (QED) is 0.660. The van der Waals surface area contributed by atoms with E-state index in [4.69, 9.17) is 0 Å². The average molecular weight is 429 g/mol. The summed E-state index contributed by atoms with van der Waals surface area (Å²) in [5, 5.41) is 5.12. The van der Waals surface area contributed by atoms with Crippen molar-refractivity contribution in [2.45, 2.75) is 19.4 Å². The van der Waals surface area contributed by atoms with Crippen LogP contribution in [0.1, 0.15) is 28.8 Å². The summed E-state index contributed by atoms with van der Waals surface area (Å²) in [7, 11) is 0. The van der Waals surface area contributed by atoms with Crippen molar-refractivity contribution in [1.82, 2.24) is 10.6 Å². The molecule has 0 aromatic heterocycles. The van der Waals surface area contributed by atoms with E-state index >= 15 is 0 Å². The van der Waals surface area contributed by atoms with E-state index in [1.165, 1.54) is 12.1 Å². The number of carbonyl (C=O) groups is 2. The van der Waals surface area contributed by atoms with Gasteiger partial charge in [0.05, 0.1) is 5.56 Å². The second-order valence-electron chi connectivity index (χ2n) is 5.50. The summed E-state index contributed by atoms with van der Waals surface area (Å²) in [6, 6.07) is 6.87. The van der Waals surface area contributed by atoms with Gasteiger partial charge in [-0.05, 0) is 42.3 Å². The lowest BCUT2D eigenvalue weighted by molar-refractivity contribution is -0.121. The monoisotopic (exact) mass is 428 g/mol. The summed E-state index contributed by atoms with van der Waals surface area (Å²) < 4.78 is 40.1. The summed E-state index contributed by atoms with van der Waals surface area (Å²) in [5.41, 5.74) is 0.352. The van der Waals surface area contributed by atoms with Crippen LogP contribution in [0.4, 0.5) is 13.2 Å². The standard InChI is InChI=1S/C18H16BrF3N2O2/c19-15-6-4-12(20)8-11(15)10-24-17(25)2-1-7-23-18(26)14-5-3-13(21)9-16(14)22/h3-6,8-9H,1-2,7,10H2,(H,23,26)(H,24,25). The maximum Gasteiger partial charge on any atom is 0.254 e. The molecule has 0 unspecified atom stereocenters. The van der Waals surface area contributed by atoms with Gasteiger partial charge in [-0.2, -0.15) is 0 Å². The van der Waals surface area contributed by atoms with Crippen LogP contribution >= 0.6 is 15.9 Å². The lowest BCUT2D eigenvalue weighted by Crippen LogP contribution is -2.28. The molecule has 2 amide bonds. The number of carbonyl (C=O) groups excluding carboxylic acids is 2. The second-order valence-corrected chi connectivity index (χ2v) is 6.35. The minimum absolute atomic E-state index is 0.138. The van der Waals surface area contributed by atoms with Gasteiger partial charge in [-0.25, -0.2) is 13.2 Å². The van der Waals surface area contributed by atoms with Crippen LogP contribution in [0.5, 0.6) is 0 Å². The van der Waals surface area contributed by atoms with Gasteiger partial charge in [0.15, 0.2) is 0 Å². The van der Waals surface area contributed by atoms with Gasteiger partial charge < -0.3 is 10.6 Å². The van der Waals surface area contributed by atoms with Crippen molar-refractivity contribution >= 4 is 27.7 Å². The molecule has 4 nitrogen and oxygen atoms in total. The SMILES string of the molecule is O=C(CCCNC(=O)c1ccc(F)cc1F)NCc1cc(F)ccc1Br. The van der Waals surface area contributed by atoms with Crippen molar-refractivity contribution < 1.29 is 22.8 Å². The fourth-order valence-corrected chi connectivity index (χ4v) is 2.57. The molecule has 0 aliphatic carbocycles. The van der Waals surface area contributed by atoms with Gasteiger partial charge in [0, 0.05) is 30.0 Å². The summed E-state index contributed by atoms with van der Waals surface area (Å²) in [6.45, 7) is 0.330. The van der Waals surface area contributed by atoms with E-state index in [1.54, 1.807) is 6.07 Å². The molecule has 2 N–H and O–H groups in total. The highest BCUT2D eigenvalue weighted by Gasteiger charge is 2.12. The fraction of sp³-hybridized carbons (Fsp3) is 0.222. The molecule has 0 fully saturated rings. The minimum atomic E-state index is -0.944. The molecule has 2 aromatic rings. The van der Waals surface area contributed by atoms with Gasteiger partial charge in [-0.15, -0.1) is 0 Å². The van der Waals surface area contributed by atoms with Gasteiger partial charge in [0.1, 0.15) is 17.5 Å². The van der Waals surface area contributed by atoms with Gasteiger partial charge in [0.25, 0.3) is 5.91 Å². The van der Waals surface area contributed by atoms with Crippen molar-refractivity contribution in [3.8, 4) is 0 Å². The Balaban J connectivity index is 1.71.